The molecule has 3 N–H and O–H groups in total. The van der Waals surface area contributed by atoms with Crippen molar-refractivity contribution in [1.29, 1.82) is 0 Å². The second kappa shape index (κ2) is 6.10. The Morgan fingerprint density at radius 2 is 2.11 bits per heavy atom. The van der Waals surface area contributed by atoms with E-state index in [9.17, 15) is 9.59 Å². The second-order valence-corrected chi connectivity index (χ2v) is 8.03. The molecule has 1 aromatic heterocycles. The topological polar surface area (TPSA) is 77.2 Å². The monoisotopic (exact) mass is 438 g/mol. The number of para-hydroxylation sites is 1. The minimum Gasteiger partial charge on any atom is -0.355 e. The molecule has 0 unspecified atom stereocenters. The van der Waals surface area contributed by atoms with Crippen molar-refractivity contribution in [3.05, 3.63) is 63.8 Å². The maximum atomic E-state index is 13.5. The average molecular weight is 439 g/mol. The lowest BCUT2D eigenvalue weighted by Gasteiger charge is -2.42. The zero-order valence-electron chi connectivity index (χ0n) is 15.3. The van der Waals surface area contributed by atoms with Crippen LogP contribution in [0.4, 0.5) is 10.5 Å². The highest BCUT2D eigenvalue weighted by atomic mass is 79.9. The Hall–Kier alpha value is -2.80. The van der Waals surface area contributed by atoms with Crippen molar-refractivity contribution in [3.63, 3.8) is 0 Å². The third-order valence-corrected chi connectivity index (χ3v) is 6.18. The molecule has 0 bridgehead atoms. The summed E-state index contributed by atoms with van der Waals surface area (Å²) in [5.74, 6) is -0.209. The fourth-order valence-electron chi connectivity index (χ4n) is 4.57. The quantitative estimate of drug-likeness (QED) is 0.541. The number of nitrogens with zero attached hydrogens (tertiary/aromatic N) is 1. The smallest absolute Gasteiger partial charge is 0.318 e. The van der Waals surface area contributed by atoms with Crippen LogP contribution >= 0.6 is 15.9 Å². The lowest BCUT2D eigenvalue weighted by Crippen LogP contribution is -2.60. The van der Waals surface area contributed by atoms with E-state index < -0.39 is 5.54 Å². The molecule has 5 rings (SSSR count). The van der Waals surface area contributed by atoms with Crippen LogP contribution in [0.15, 0.2) is 46.9 Å². The van der Waals surface area contributed by atoms with Gasteiger partial charge in [0.05, 0.1) is 5.69 Å². The van der Waals surface area contributed by atoms with Crippen LogP contribution in [-0.2, 0) is 16.8 Å². The Morgan fingerprint density at radius 1 is 1.29 bits per heavy atom. The van der Waals surface area contributed by atoms with E-state index in [-0.39, 0.29) is 11.9 Å². The second-order valence-electron chi connectivity index (χ2n) is 7.12. The molecule has 0 aliphatic carbocycles. The van der Waals surface area contributed by atoms with Crippen LogP contribution in [0, 0.1) is 0 Å². The number of aromatic nitrogens is 1. The maximum absolute atomic E-state index is 13.5. The van der Waals surface area contributed by atoms with Gasteiger partial charge in [0.25, 0.3) is 5.91 Å². The molecular weight excluding hydrogens is 420 g/mol. The highest BCUT2D eigenvalue weighted by molar-refractivity contribution is 9.10. The number of benzene rings is 2. The lowest BCUT2D eigenvalue weighted by molar-refractivity contribution is -0.124. The minimum atomic E-state index is -1.22. The molecule has 2 aliphatic rings. The SMILES string of the molecule is CCNC(=O)N1CCc2c([nH]c3ccccc23)[C@]12C(=O)Nc1ccc(Br)cc12. The molecular formula is C21H19BrN4O2. The van der Waals surface area contributed by atoms with E-state index >= 15 is 0 Å². The normalized spacial score (nSPS) is 20.2. The number of urea groups is 1. The van der Waals surface area contributed by atoms with Crippen LogP contribution in [0.5, 0.6) is 0 Å². The van der Waals surface area contributed by atoms with Crippen molar-refractivity contribution in [1.82, 2.24) is 15.2 Å². The Bertz CT molecular complexity index is 1140. The van der Waals surface area contributed by atoms with Crippen molar-refractivity contribution in [2.24, 2.45) is 0 Å². The zero-order chi connectivity index (χ0) is 19.5. The predicted molar refractivity (Wildman–Crippen MR) is 111 cm³/mol. The number of carbonyl (C=O) groups is 2. The van der Waals surface area contributed by atoms with E-state index in [4.69, 9.17) is 0 Å². The number of carbonyl (C=O) groups excluding carboxylic acids is 2. The van der Waals surface area contributed by atoms with E-state index in [1.165, 1.54) is 0 Å². The summed E-state index contributed by atoms with van der Waals surface area (Å²) in [5.41, 5.74) is 3.14. The first kappa shape index (κ1) is 17.3. The van der Waals surface area contributed by atoms with Gasteiger partial charge in [0.15, 0.2) is 5.54 Å². The van der Waals surface area contributed by atoms with Gasteiger partial charge in [-0.1, -0.05) is 34.1 Å². The van der Waals surface area contributed by atoms with Gasteiger partial charge in [0.1, 0.15) is 0 Å². The van der Waals surface area contributed by atoms with Gasteiger partial charge in [-0.3, -0.25) is 4.79 Å². The zero-order valence-corrected chi connectivity index (χ0v) is 16.9. The Morgan fingerprint density at radius 3 is 2.93 bits per heavy atom. The van der Waals surface area contributed by atoms with E-state index in [2.05, 4.69) is 37.6 Å². The fourth-order valence-corrected chi connectivity index (χ4v) is 4.93. The number of aromatic amines is 1. The molecule has 1 atom stereocenters. The van der Waals surface area contributed by atoms with Crippen LogP contribution in [0.25, 0.3) is 10.9 Å². The number of fused-ring (bicyclic) bond motifs is 6. The Balaban J connectivity index is 1.85. The van der Waals surface area contributed by atoms with Crippen molar-refractivity contribution >= 4 is 44.5 Å². The van der Waals surface area contributed by atoms with Gasteiger partial charge >= 0.3 is 6.03 Å². The van der Waals surface area contributed by atoms with E-state index in [1.807, 2.05) is 43.3 Å². The third-order valence-electron chi connectivity index (χ3n) is 5.69. The molecule has 1 spiro atoms. The van der Waals surface area contributed by atoms with Crippen LogP contribution < -0.4 is 10.6 Å². The van der Waals surface area contributed by atoms with Crippen LogP contribution in [0.3, 0.4) is 0 Å². The number of hydrogen-bond donors (Lipinski definition) is 3. The van der Waals surface area contributed by atoms with Crippen molar-refractivity contribution in [2.45, 2.75) is 18.9 Å². The summed E-state index contributed by atoms with van der Waals surface area (Å²) in [6.07, 6.45) is 0.689. The van der Waals surface area contributed by atoms with E-state index in [0.29, 0.717) is 19.5 Å². The molecule has 0 saturated heterocycles. The highest BCUT2D eigenvalue weighted by Gasteiger charge is 2.58. The first-order valence-corrected chi connectivity index (χ1v) is 10.1. The third kappa shape index (κ3) is 2.13. The number of nitrogens with one attached hydrogen (secondary N) is 3. The molecule has 0 radical (unpaired) electrons. The summed E-state index contributed by atoms with van der Waals surface area (Å²) in [4.78, 5) is 31.7. The Kier molecular flexibility index (Phi) is 3.77. The summed E-state index contributed by atoms with van der Waals surface area (Å²) >= 11 is 3.53. The molecule has 2 aliphatic heterocycles. The summed E-state index contributed by atoms with van der Waals surface area (Å²) in [7, 11) is 0. The van der Waals surface area contributed by atoms with Crippen LogP contribution in [0.1, 0.15) is 23.7 Å². The number of anilines is 1. The Labute approximate surface area is 170 Å². The average Bonchev–Trinajstić information content (AvgIpc) is 3.19. The lowest BCUT2D eigenvalue weighted by atomic mass is 9.80. The van der Waals surface area contributed by atoms with Gasteiger partial charge in [-0.2, -0.15) is 0 Å². The molecule has 3 amide bonds. The molecule has 142 valence electrons. The number of halogens is 1. The largest absolute Gasteiger partial charge is 0.355 e. The van der Waals surface area contributed by atoms with Crippen LogP contribution in [-0.4, -0.2) is 34.9 Å². The molecule has 7 heteroatoms. The standard InChI is InChI=1S/C21H19BrN4O2/c1-2-23-20(28)26-10-9-14-13-5-3-4-6-16(13)24-18(14)21(26)15-11-12(22)7-8-17(15)25-19(21)27/h3-8,11,24H,2,9-10H2,1H3,(H,23,28)(H,25,27)/t21-/m1/s1. The molecule has 2 aromatic carbocycles. The number of rotatable bonds is 1. The molecule has 3 heterocycles. The van der Waals surface area contributed by atoms with Crippen molar-refractivity contribution < 1.29 is 9.59 Å². The first-order chi connectivity index (χ1) is 13.6. The van der Waals surface area contributed by atoms with Crippen molar-refractivity contribution in [3.8, 4) is 0 Å². The minimum absolute atomic E-state index is 0.209. The molecule has 0 saturated carbocycles. The molecule has 6 nitrogen and oxygen atoms in total. The molecule has 3 aromatic rings. The fraction of sp³-hybridized carbons (Fsp3) is 0.238. The molecule has 28 heavy (non-hydrogen) atoms. The van der Waals surface area contributed by atoms with Gasteiger partial charge < -0.3 is 20.5 Å². The van der Waals surface area contributed by atoms with Gasteiger partial charge in [0, 0.05) is 39.7 Å². The summed E-state index contributed by atoms with van der Waals surface area (Å²) in [6.45, 7) is 2.83. The van der Waals surface area contributed by atoms with Gasteiger partial charge in [-0.05, 0) is 43.2 Å². The van der Waals surface area contributed by atoms with Gasteiger partial charge in [-0.15, -0.1) is 0 Å². The highest BCUT2D eigenvalue weighted by Crippen LogP contribution is 2.50. The number of H-pyrrole nitrogens is 1. The summed E-state index contributed by atoms with van der Waals surface area (Å²) < 4.78 is 0.862. The summed E-state index contributed by atoms with van der Waals surface area (Å²) in [5, 5.41) is 6.97. The predicted octanol–water partition coefficient (Wildman–Crippen LogP) is 3.71. The number of amides is 3. The van der Waals surface area contributed by atoms with E-state index in [0.717, 1.165) is 37.9 Å². The maximum Gasteiger partial charge on any atom is 0.318 e. The van der Waals surface area contributed by atoms with E-state index in [1.54, 1.807) is 4.90 Å². The van der Waals surface area contributed by atoms with Gasteiger partial charge in [-0.25, -0.2) is 4.79 Å². The summed E-state index contributed by atoms with van der Waals surface area (Å²) in [6, 6.07) is 13.5. The van der Waals surface area contributed by atoms with Gasteiger partial charge in [0.2, 0.25) is 0 Å². The van der Waals surface area contributed by atoms with Crippen molar-refractivity contribution in [2.75, 3.05) is 18.4 Å². The van der Waals surface area contributed by atoms with Crippen LogP contribution in [0.2, 0.25) is 0 Å². The molecule has 0 fully saturated rings. The number of hydrogen-bond acceptors (Lipinski definition) is 2. The first-order valence-electron chi connectivity index (χ1n) is 9.34.